The molecule has 2 aromatic heterocycles. The molecule has 12 nitrogen and oxygen atoms in total. The number of pyridine rings is 1. The molecule has 246 valence electrons. The van der Waals surface area contributed by atoms with Gasteiger partial charge in [0.25, 0.3) is 0 Å². The predicted molar refractivity (Wildman–Crippen MR) is 172 cm³/mol. The highest BCUT2D eigenvalue weighted by atomic mass is 35.5. The highest BCUT2D eigenvalue weighted by molar-refractivity contribution is 6.31. The number of ether oxygens (including phenoxy) is 4. The second kappa shape index (κ2) is 16.6. The van der Waals surface area contributed by atoms with E-state index in [9.17, 15) is 9.59 Å². The number of piperazine rings is 1. The summed E-state index contributed by atoms with van der Waals surface area (Å²) in [4.78, 5) is 43.6. The fraction of sp³-hybridized carbons (Fsp3) is 0.485. The zero-order valence-corrected chi connectivity index (χ0v) is 27.1. The van der Waals surface area contributed by atoms with Gasteiger partial charge >= 0.3 is 6.01 Å². The first-order chi connectivity index (χ1) is 22.5. The summed E-state index contributed by atoms with van der Waals surface area (Å²) >= 11 is 6.54. The molecule has 3 heterocycles. The first-order valence-corrected chi connectivity index (χ1v) is 16.0. The topological polar surface area (TPSA) is 128 Å². The molecule has 13 heteroatoms. The minimum absolute atomic E-state index is 0.0956. The Kier molecular flexibility index (Phi) is 12.1. The highest BCUT2D eigenvalue weighted by Crippen LogP contribution is 2.32. The van der Waals surface area contributed by atoms with Crippen LogP contribution in [0.5, 0.6) is 11.8 Å². The molecule has 2 fully saturated rings. The molecule has 1 N–H and O–H groups in total. The first kappa shape index (κ1) is 33.5. The van der Waals surface area contributed by atoms with E-state index < -0.39 is 6.04 Å². The van der Waals surface area contributed by atoms with Crippen LogP contribution in [-0.4, -0.2) is 90.9 Å². The Hall–Kier alpha value is -3.84. The molecule has 46 heavy (non-hydrogen) atoms. The lowest BCUT2D eigenvalue weighted by atomic mass is 10.1. The number of benzene rings is 1. The summed E-state index contributed by atoms with van der Waals surface area (Å²) in [6.07, 6.45) is 8.74. The minimum atomic E-state index is -0.751. The van der Waals surface area contributed by atoms with Crippen molar-refractivity contribution in [2.24, 2.45) is 0 Å². The molecule has 1 aromatic carbocycles. The summed E-state index contributed by atoms with van der Waals surface area (Å²) in [5.41, 5.74) is 3.15. The molecule has 0 spiro atoms. The lowest BCUT2D eigenvalue weighted by molar-refractivity contribution is -0.136. The molecule has 5 rings (SSSR count). The summed E-state index contributed by atoms with van der Waals surface area (Å²) < 4.78 is 22.0. The van der Waals surface area contributed by atoms with Gasteiger partial charge in [0.2, 0.25) is 11.8 Å². The van der Waals surface area contributed by atoms with E-state index in [0.717, 1.165) is 48.3 Å². The van der Waals surface area contributed by atoms with Gasteiger partial charge in [0, 0.05) is 56.7 Å². The number of methoxy groups -OCH3 is 2. The van der Waals surface area contributed by atoms with Crippen LogP contribution in [-0.2, 0) is 38.6 Å². The van der Waals surface area contributed by atoms with E-state index in [4.69, 9.17) is 30.5 Å². The lowest BCUT2D eigenvalue weighted by Gasteiger charge is -2.37. The van der Waals surface area contributed by atoms with E-state index in [2.05, 4.69) is 20.3 Å². The number of hydrogen-bond donors (Lipinski definition) is 1. The number of carbonyl (C=O) groups excluding carboxylic acids is 2. The summed E-state index contributed by atoms with van der Waals surface area (Å²) in [6.45, 7) is 2.70. The van der Waals surface area contributed by atoms with Gasteiger partial charge in [-0.2, -0.15) is 0 Å². The Bertz CT molecular complexity index is 1460. The Balaban J connectivity index is 1.18. The van der Waals surface area contributed by atoms with E-state index in [1.54, 1.807) is 20.4 Å². The number of halogens is 1. The van der Waals surface area contributed by atoms with Crippen LogP contribution in [0.2, 0.25) is 5.02 Å². The largest absolute Gasteiger partial charge is 0.496 e. The van der Waals surface area contributed by atoms with Gasteiger partial charge in [-0.3, -0.25) is 19.5 Å². The number of amides is 2. The summed E-state index contributed by atoms with van der Waals surface area (Å²) in [6, 6.07) is 9.22. The molecule has 0 bridgehead atoms. The molecular formula is C33H41ClN6O6. The Labute approximate surface area is 274 Å². The van der Waals surface area contributed by atoms with Crippen molar-refractivity contribution >= 4 is 29.1 Å². The van der Waals surface area contributed by atoms with E-state index in [0.29, 0.717) is 56.6 Å². The second-order valence-electron chi connectivity index (χ2n) is 11.3. The van der Waals surface area contributed by atoms with Crippen molar-refractivity contribution in [3.63, 3.8) is 0 Å². The fourth-order valence-corrected chi connectivity index (χ4v) is 5.52. The Morgan fingerprint density at radius 1 is 1.04 bits per heavy atom. The third kappa shape index (κ3) is 8.91. The van der Waals surface area contributed by atoms with Crippen LogP contribution < -0.4 is 19.7 Å². The van der Waals surface area contributed by atoms with Crippen LogP contribution >= 0.6 is 11.6 Å². The van der Waals surface area contributed by atoms with Gasteiger partial charge in [-0.25, -0.2) is 9.97 Å². The number of anilines is 1. The van der Waals surface area contributed by atoms with Gasteiger partial charge in [-0.15, -0.1) is 0 Å². The fourth-order valence-electron chi connectivity index (χ4n) is 5.36. The molecular weight excluding hydrogens is 612 g/mol. The number of aryl methyl sites for hydroxylation is 1. The van der Waals surface area contributed by atoms with Crippen molar-refractivity contribution in [1.82, 2.24) is 25.2 Å². The zero-order valence-electron chi connectivity index (χ0n) is 26.3. The van der Waals surface area contributed by atoms with E-state index in [1.165, 1.54) is 17.3 Å². The SMILES string of the molecule is COCCCc1cc(CN(C(=O)[C@H]2CNCC(=O)N2c2cnc(OCCCOCc3ccccc3OC)nc2)C2CC2)c(Cl)cn1. The molecule has 1 aliphatic heterocycles. The van der Waals surface area contributed by atoms with E-state index in [1.807, 2.05) is 35.2 Å². The van der Waals surface area contributed by atoms with Gasteiger partial charge < -0.3 is 29.2 Å². The number of carbonyl (C=O) groups is 2. The molecule has 3 aromatic rings. The molecule has 1 saturated carbocycles. The number of nitrogens with zero attached hydrogens (tertiary/aromatic N) is 5. The van der Waals surface area contributed by atoms with Crippen molar-refractivity contribution in [3.05, 3.63) is 70.8 Å². The van der Waals surface area contributed by atoms with Crippen LogP contribution in [0.1, 0.15) is 42.5 Å². The van der Waals surface area contributed by atoms with Gasteiger partial charge in [0.1, 0.15) is 11.8 Å². The van der Waals surface area contributed by atoms with Gasteiger partial charge in [-0.1, -0.05) is 29.8 Å². The number of rotatable bonds is 17. The van der Waals surface area contributed by atoms with Gasteiger partial charge in [0.05, 0.1) is 56.6 Å². The van der Waals surface area contributed by atoms with Gasteiger partial charge in [0.15, 0.2) is 0 Å². The summed E-state index contributed by atoms with van der Waals surface area (Å²) in [5, 5.41) is 3.60. The normalized spacial score (nSPS) is 16.4. The van der Waals surface area contributed by atoms with Crippen molar-refractivity contribution in [2.75, 3.05) is 52.0 Å². The minimum Gasteiger partial charge on any atom is -0.496 e. The number of nitrogens with one attached hydrogen (secondary N) is 1. The van der Waals surface area contributed by atoms with Crippen LogP contribution in [0.15, 0.2) is 48.9 Å². The monoisotopic (exact) mass is 652 g/mol. The number of aromatic nitrogens is 3. The maximum absolute atomic E-state index is 14.1. The molecule has 1 saturated heterocycles. The molecule has 2 aliphatic rings. The quantitative estimate of drug-likeness (QED) is 0.216. The number of para-hydroxylation sites is 1. The zero-order chi connectivity index (χ0) is 32.3. The van der Waals surface area contributed by atoms with Crippen molar-refractivity contribution < 1.29 is 28.5 Å². The van der Waals surface area contributed by atoms with Crippen molar-refractivity contribution in [3.8, 4) is 11.8 Å². The van der Waals surface area contributed by atoms with Crippen LogP contribution in [0.3, 0.4) is 0 Å². The van der Waals surface area contributed by atoms with Crippen molar-refractivity contribution in [2.45, 2.75) is 57.3 Å². The number of hydrogen-bond acceptors (Lipinski definition) is 10. The van der Waals surface area contributed by atoms with E-state index in [-0.39, 0.29) is 30.4 Å². The smallest absolute Gasteiger partial charge is 0.316 e. The third-order valence-electron chi connectivity index (χ3n) is 7.87. The van der Waals surface area contributed by atoms with Gasteiger partial charge in [-0.05, 0) is 43.4 Å². The second-order valence-corrected chi connectivity index (χ2v) is 11.7. The molecule has 1 atom stereocenters. The first-order valence-electron chi connectivity index (χ1n) is 15.6. The maximum Gasteiger partial charge on any atom is 0.316 e. The summed E-state index contributed by atoms with van der Waals surface area (Å²) in [7, 11) is 3.31. The third-order valence-corrected chi connectivity index (χ3v) is 8.21. The predicted octanol–water partition coefficient (Wildman–Crippen LogP) is 3.59. The molecule has 2 amide bonds. The Morgan fingerprint density at radius 2 is 1.85 bits per heavy atom. The average Bonchev–Trinajstić information content (AvgIpc) is 3.92. The lowest BCUT2D eigenvalue weighted by Crippen LogP contribution is -2.61. The molecule has 0 radical (unpaired) electrons. The van der Waals surface area contributed by atoms with Crippen LogP contribution in [0.4, 0.5) is 5.69 Å². The standard InChI is InChI=1S/C33H41ClN6O6/c1-43-12-5-8-25-15-24(28(34)18-36-25)21-39(26-10-11-26)32(42)29-19-35-20-31(41)40(29)27-16-37-33(38-17-27)46-14-6-13-45-22-23-7-3-4-9-30(23)44-2/h3-4,7,9,15-18,26,29,35H,5-6,8,10-14,19-22H2,1-2H3/t29-/m1/s1. The summed E-state index contributed by atoms with van der Waals surface area (Å²) in [5.74, 6) is 0.415. The van der Waals surface area contributed by atoms with Crippen LogP contribution in [0, 0.1) is 0 Å². The Morgan fingerprint density at radius 3 is 2.61 bits per heavy atom. The molecule has 1 aliphatic carbocycles. The highest BCUT2D eigenvalue weighted by Gasteiger charge is 2.41. The maximum atomic E-state index is 14.1. The average molecular weight is 653 g/mol. The molecule has 0 unspecified atom stereocenters. The van der Waals surface area contributed by atoms with Crippen molar-refractivity contribution in [1.29, 1.82) is 0 Å². The van der Waals surface area contributed by atoms with E-state index >= 15 is 0 Å². The van der Waals surface area contributed by atoms with Crippen LogP contribution in [0.25, 0.3) is 0 Å².